The summed E-state index contributed by atoms with van der Waals surface area (Å²) < 4.78 is 8.16. The van der Waals surface area contributed by atoms with E-state index in [2.05, 4.69) is 74.7 Å². The Labute approximate surface area is 116 Å². The third-order valence-corrected chi connectivity index (χ3v) is 3.99. The van der Waals surface area contributed by atoms with Gasteiger partial charge in [-0.1, -0.05) is 18.2 Å². The molecule has 1 heterocycles. The lowest BCUT2D eigenvalue weighted by Crippen LogP contribution is -2.24. The zero-order valence-electron chi connectivity index (χ0n) is 12.5. The van der Waals surface area contributed by atoms with Crippen molar-refractivity contribution in [3.05, 3.63) is 47.9 Å². The fourth-order valence-electron chi connectivity index (χ4n) is 2.37. The number of allylic oxidation sites excluding steroid dienone is 2. The Bertz CT molecular complexity index is 605. The Morgan fingerprint density at radius 1 is 1.26 bits per heavy atom. The van der Waals surface area contributed by atoms with E-state index in [1.807, 2.05) is 0 Å². The second-order valence-electron chi connectivity index (χ2n) is 6.02. The van der Waals surface area contributed by atoms with Gasteiger partial charge in [0.2, 0.25) is 8.32 Å². The molecule has 0 aliphatic rings. The first-order valence-electron chi connectivity index (χ1n) is 6.75. The van der Waals surface area contributed by atoms with Crippen LogP contribution in [0.3, 0.4) is 0 Å². The molecule has 2 aromatic rings. The van der Waals surface area contributed by atoms with Gasteiger partial charge in [-0.05, 0) is 50.7 Å². The molecule has 0 atom stereocenters. The molecule has 0 fully saturated rings. The SMILES string of the molecule is C/C(=C\Cc1cn(C)c2ccccc12)O[Si](C)(C)C. The number of aryl methyl sites for hydroxylation is 1. The van der Waals surface area contributed by atoms with Gasteiger partial charge in [-0.25, -0.2) is 0 Å². The Morgan fingerprint density at radius 2 is 1.95 bits per heavy atom. The van der Waals surface area contributed by atoms with Crippen molar-refractivity contribution in [2.24, 2.45) is 7.05 Å². The molecule has 0 amide bonds. The molecule has 0 N–H and O–H groups in total. The highest BCUT2D eigenvalue weighted by molar-refractivity contribution is 6.70. The first-order valence-corrected chi connectivity index (χ1v) is 10.2. The van der Waals surface area contributed by atoms with E-state index in [4.69, 9.17) is 4.43 Å². The number of fused-ring (bicyclic) bond motifs is 1. The molecule has 19 heavy (non-hydrogen) atoms. The minimum atomic E-state index is -1.48. The highest BCUT2D eigenvalue weighted by Gasteiger charge is 2.15. The van der Waals surface area contributed by atoms with Gasteiger partial charge < -0.3 is 8.99 Å². The van der Waals surface area contributed by atoms with Crippen LogP contribution >= 0.6 is 0 Å². The summed E-state index contributed by atoms with van der Waals surface area (Å²) >= 11 is 0. The minimum absolute atomic E-state index is 0.928. The van der Waals surface area contributed by atoms with Crippen LogP contribution in [0.25, 0.3) is 10.9 Å². The quantitative estimate of drug-likeness (QED) is 0.592. The van der Waals surface area contributed by atoms with Crippen LogP contribution in [-0.2, 0) is 17.9 Å². The van der Waals surface area contributed by atoms with Crippen LogP contribution < -0.4 is 0 Å². The molecule has 0 bridgehead atoms. The van der Waals surface area contributed by atoms with Gasteiger partial charge in [0.05, 0.1) is 5.76 Å². The van der Waals surface area contributed by atoms with Gasteiger partial charge in [0.25, 0.3) is 0 Å². The summed E-state index contributed by atoms with van der Waals surface area (Å²) in [7, 11) is 0.618. The van der Waals surface area contributed by atoms with Gasteiger partial charge in [-0.15, -0.1) is 0 Å². The van der Waals surface area contributed by atoms with Crippen molar-refractivity contribution in [2.45, 2.75) is 33.0 Å². The Balaban J connectivity index is 2.20. The molecular weight excluding hydrogens is 250 g/mol. The summed E-state index contributed by atoms with van der Waals surface area (Å²) in [6.07, 6.45) is 5.33. The van der Waals surface area contributed by atoms with Gasteiger partial charge in [0.1, 0.15) is 0 Å². The second kappa shape index (κ2) is 5.25. The second-order valence-corrected chi connectivity index (χ2v) is 10.4. The third-order valence-electron chi connectivity index (χ3n) is 3.06. The normalized spacial score (nSPS) is 13.0. The fraction of sp³-hybridized carbons (Fsp3) is 0.375. The molecule has 0 aliphatic heterocycles. The molecule has 2 rings (SSSR count). The average Bonchev–Trinajstić information content (AvgIpc) is 2.62. The summed E-state index contributed by atoms with van der Waals surface area (Å²) in [6.45, 7) is 8.69. The summed E-state index contributed by atoms with van der Waals surface area (Å²) in [6, 6.07) is 8.53. The van der Waals surface area contributed by atoms with Crippen LogP contribution in [0, 0.1) is 0 Å². The van der Waals surface area contributed by atoms with Gasteiger partial charge >= 0.3 is 0 Å². The highest BCUT2D eigenvalue weighted by atomic mass is 28.4. The number of rotatable bonds is 4. The molecule has 0 saturated carbocycles. The number of aromatic nitrogens is 1. The lowest BCUT2D eigenvalue weighted by Gasteiger charge is -2.19. The monoisotopic (exact) mass is 273 g/mol. The molecule has 0 saturated heterocycles. The van der Waals surface area contributed by atoms with Crippen molar-refractivity contribution < 1.29 is 4.43 Å². The molecule has 0 radical (unpaired) electrons. The van der Waals surface area contributed by atoms with Crippen LogP contribution in [0.5, 0.6) is 0 Å². The largest absolute Gasteiger partial charge is 0.548 e. The predicted molar refractivity (Wildman–Crippen MR) is 84.8 cm³/mol. The maximum Gasteiger partial charge on any atom is 0.241 e. The van der Waals surface area contributed by atoms with Gasteiger partial charge in [-0.3, -0.25) is 0 Å². The van der Waals surface area contributed by atoms with Crippen LogP contribution in [0.4, 0.5) is 0 Å². The molecular formula is C16H23NOSi. The van der Waals surface area contributed by atoms with E-state index in [0.29, 0.717) is 0 Å². The van der Waals surface area contributed by atoms with Crippen molar-refractivity contribution in [1.82, 2.24) is 4.57 Å². The van der Waals surface area contributed by atoms with Gasteiger partial charge in [0, 0.05) is 24.1 Å². The van der Waals surface area contributed by atoms with Crippen molar-refractivity contribution in [1.29, 1.82) is 0 Å². The number of para-hydroxylation sites is 1. The predicted octanol–water partition coefficient (Wildman–Crippen LogP) is 4.48. The number of nitrogens with zero attached hydrogens (tertiary/aromatic N) is 1. The van der Waals surface area contributed by atoms with Crippen molar-refractivity contribution in [2.75, 3.05) is 0 Å². The molecule has 2 nitrogen and oxygen atoms in total. The topological polar surface area (TPSA) is 14.2 Å². The van der Waals surface area contributed by atoms with Crippen LogP contribution in [-0.4, -0.2) is 12.9 Å². The maximum atomic E-state index is 5.97. The number of hydrogen-bond acceptors (Lipinski definition) is 1. The summed E-state index contributed by atoms with van der Waals surface area (Å²) in [5.74, 6) is 1.05. The van der Waals surface area contributed by atoms with Crippen LogP contribution in [0.15, 0.2) is 42.3 Å². The number of benzene rings is 1. The zero-order chi connectivity index (χ0) is 14.0. The van der Waals surface area contributed by atoms with Gasteiger partial charge in [-0.2, -0.15) is 0 Å². The lowest BCUT2D eigenvalue weighted by atomic mass is 10.1. The Kier molecular flexibility index (Phi) is 3.85. The summed E-state index contributed by atoms with van der Waals surface area (Å²) in [5, 5.41) is 1.34. The summed E-state index contributed by atoms with van der Waals surface area (Å²) in [5.41, 5.74) is 2.64. The first-order chi connectivity index (χ1) is 8.87. The lowest BCUT2D eigenvalue weighted by molar-refractivity contribution is 0.422. The molecule has 1 aromatic heterocycles. The summed E-state index contributed by atoms with van der Waals surface area (Å²) in [4.78, 5) is 0. The van der Waals surface area contributed by atoms with E-state index in [-0.39, 0.29) is 0 Å². The Morgan fingerprint density at radius 3 is 2.63 bits per heavy atom. The van der Waals surface area contributed by atoms with E-state index >= 15 is 0 Å². The average molecular weight is 273 g/mol. The first kappa shape index (κ1) is 13.9. The van der Waals surface area contributed by atoms with E-state index in [1.54, 1.807) is 0 Å². The van der Waals surface area contributed by atoms with Crippen LogP contribution in [0.1, 0.15) is 12.5 Å². The molecule has 3 heteroatoms. The third kappa shape index (κ3) is 3.50. The number of hydrogen-bond donors (Lipinski definition) is 0. The smallest absolute Gasteiger partial charge is 0.241 e. The van der Waals surface area contributed by atoms with Crippen LogP contribution in [0.2, 0.25) is 19.6 Å². The fourth-order valence-corrected chi connectivity index (χ4v) is 3.42. The maximum absolute atomic E-state index is 5.97. The molecule has 0 spiro atoms. The van der Waals surface area contributed by atoms with E-state index in [0.717, 1.165) is 12.2 Å². The minimum Gasteiger partial charge on any atom is -0.548 e. The highest BCUT2D eigenvalue weighted by Crippen LogP contribution is 2.21. The van der Waals surface area contributed by atoms with Gasteiger partial charge in [0.15, 0.2) is 0 Å². The standard InChI is InChI=1S/C16H23NOSi/c1-13(18-19(3,4)5)10-11-14-12-17(2)16-9-7-6-8-15(14)16/h6-10,12H,11H2,1-5H3/b13-10+. The van der Waals surface area contributed by atoms with Crippen molar-refractivity contribution in [3.8, 4) is 0 Å². The molecule has 0 aliphatic carbocycles. The van der Waals surface area contributed by atoms with E-state index < -0.39 is 8.32 Å². The molecule has 1 aromatic carbocycles. The molecule has 102 valence electrons. The van der Waals surface area contributed by atoms with E-state index in [9.17, 15) is 0 Å². The van der Waals surface area contributed by atoms with Crippen molar-refractivity contribution in [3.63, 3.8) is 0 Å². The Hall–Kier alpha value is -1.48. The zero-order valence-corrected chi connectivity index (χ0v) is 13.5. The van der Waals surface area contributed by atoms with Crippen molar-refractivity contribution >= 4 is 19.2 Å². The van der Waals surface area contributed by atoms with E-state index in [1.165, 1.54) is 16.5 Å². The molecule has 0 unspecified atom stereocenters.